The summed E-state index contributed by atoms with van der Waals surface area (Å²) < 4.78 is 57.3. The van der Waals surface area contributed by atoms with E-state index in [1.54, 1.807) is 4.68 Å². The quantitative estimate of drug-likeness (QED) is 0.456. The number of alkyl halides is 2. The maximum atomic E-state index is 13.1. The Bertz CT molecular complexity index is 1280. The van der Waals surface area contributed by atoms with Crippen molar-refractivity contribution in [3.63, 3.8) is 0 Å². The summed E-state index contributed by atoms with van der Waals surface area (Å²) in [6, 6.07) is 12.4. The van der Waals surface area contributed by atoms with E-state index >= 15 is 0 Å². The Labute approximate surface area is 201 Å². The van der Waals surface area contributed by atoms with Gasteiger partial charge in [-0.15, -0.1) is 5.10 Å². The maximum Gasteiger partial charge on any atom is 0.341 e. The minimum atomic E-state index is -4.90. The molecule has 0 spiro atoms. The number of piperazine rings is 1. The number of aromatic nitrogens is 4. The highest BCUT2D eigenvalue weighted by atomic mass is 32.2. The number of halogens is 2. The lowest BCUT2D eigenvalue weighted by Gasteiger charge is -2.34. The Kier molecular flexibility index (Phi) is 7.36. The number of carbonyl (C=O) groups excluding carboxylic acids is 1. The van der Waals surface area contributed by atoms with Crippen molar-refractivity contribution in [3.8, 4) is 11.4 Å². The first kappa shape index (κ1) is 24.7. The molecule has 2 heterocycles. The average Bonchev–Trinajstić information content (AvgIpc) is 3.32. The molecule has 10 nitrogen and oxygen atoms in total. The third-order valence-corrected chi connectivity index (χ3v) is 7.05. The Morgan fingerprint density at radius 2 is 1.74 bits per heavy atom. The van der Waals surface area contributed by atoms with E-state index in [1.807, 2.05) is 31.2 Å². The molecule has 186 valence electrons. The SMILES string of the molecule is CCOc1ccc(-n2nnnc2CN2CCN(C(=O)c3ccccc3S(=O)(=O)C(F)F)CC2)cc1. The molecule has 13 heteroatoms. The van der Waals surface area contributed by atoms with Crippen LogP contribution < -0.4 is 4.74 Å². The minimum Gasteiger partial charge on any atom is -0.494 e. The molecule has 1 aromatic heterocycles. The van der Waals surface area contributed by atoms with Crippen molar-refractivity contribution in [3.05, 3.63) is 59.9 Å². The van der Waals surface area contributed by atoms with E-state index < -0.39 is 26.4 Å². The van der Waals surface area contributed by atoms with Crippen LogP contribution in [0.5, 0.6) is 5.75 Å². The molecule has 0 N–H and O–H groups in total. The highest BCUT2D eigenvalue weighted by Crippen LogP contribution is 2.24. The molecule has 0 bridgehead atoms. The van der Waals surface area contributed by atoms with Crippen LogP contribution in [0.25, 0.3) is 5.69 Å². The molecular formula is C22H24F2N6O4S. The Balaban J connectivity index is 1.41. The molecule has 0 atom stereocenters. The van der Waals surface area contributed by atoms with Gasteiger partial charge < -0.3 is 9.64 Å². The maximum absolute atomic E-state index is 13.1. The molecule has 1 aliphatic heterocycles. The number of rotatable bonds is 8. The number of ether oxygens (including phenoxy) is 1. The van der Waals surface area contributed by atoms with Gasteiger partial charge in [0.15, 0.2) is 5.82 Å². The number of benzene rings is 2. The number of hydrogen-bond acceptors (Lipinski definition) is 8. The second kappa shape index (κ2) is 10.4. The van der Waals surface area contributed by atoms with Crippen molar-refractivity contribution in [2.24, 2.45) is 0 Å². The molecule has 0 radical (unpaired) electrons. The van der Waals surface area contributed by atoms with Crippen molar-refractivity contribution in [2.45, 2.75) is 24.1 Å². The van der Waals surface area contributed by atoms with E-state index in [4.69, 9.17) is 4.74 Å². The minimum absolute atomic E-state index is 0.249. The summed E-state index contributed by atoms with van der Waals surface area (Å²) in [6.07, 6.45) is 0. The monoisotopic (exact) mass is 506 g/mol. The van der Waals surface area contributed by atoms with E-state index in [0.29, 0.717) is 45.2 Å². The van der Waals surface area contributed by atoms with Gasteiger partial charge in [-0.2, -0.15) is 13.5 Å². The Hall–Kier alpha value is -3.45. The molecule has 1 amide bonds. The van der Waals surface area contributed by atoms with Crippen molar-refractivity contribution in [1.82, 2.24) is 30.0 Å². The van der Waals surface area contributed by atoms with Gasteiger partial charge in [0.2, 0.25) is 9.84 Å². The zero-order valence-electron chi connectivity index (χ0n) is 18.9. The molecule has 1 saturated heterocycles. The first-order chi connectivity index (χ1) is 16.8. The van der Waals surface area contributed by atoms with Crippen LogP contribution in [-0.4, -0.2) is 82.9 Å². The van der Waals surface area contributed by atoms with E-state index in [-0.39, 0.29) is 5.56 Å². The third-order valence-electron chi connectivity index (χ3n) is 5.61. The summed E-state index contributed by atoms with van der Waals surface area (Å²) in [6.45, 7) is 4.46. The lowest BCUT2D eigenvalue weighted by Crippen LogP contribution is -2.48. The van der Waals surface area contributed by atoms with Crippen LogP contribution in [0.1, 0.15) is 23.1 Å². The predicted octanol–water partition coefficient (Wildman–Crippen LogP) is 2.02. The van der Waals surface area contributed by atoms with Gasteiger partial charge in [0.1, 0.15) is 5.75 Å². The van der Waals surface area contributed by atoms with Gasteiger partial charge in [-0.05, 0) is 53.7 Å². The smallest absolute Gasteiger partial charge is 0.341 e. The molecule has 1 fully saturated rings. The molecule has 2 aromatic carbocycles. The second-order valence-electron chi connectivity index (χ2n) is 7.80. The number of carbonyl (C=O) groups is 1. The number of sulfone groups is 1. The zero-order valence-corrected chi connectivity index (χ0v) is 19.7. The fourth-order valence-electron chi connectivity index (χ4n) is 3.82. The first-order valence-electron chi connectivity index (χ1n) is 10.9. The van der Waals surface area contributed by atoms with E-state index in [9.17, 15) is 22.0 Å². The van der Waals surface area contributed by atoms with Crippen LogP contribution in [-0.2, 0) is 16.4 Å². The largest absolute Gasteiger partial charge is 0.494 e. The van der Waals surface area contributed by atoms with Gasteiger partial charge in [-0.1, -0.05) is 12.1 Å². The van der Waals surface area contributed by atoms with E-state index in [0.717, 1.165) is 17.5 Å². The molecule has 0 unspecified atom stereocenters. The summed E-state index contributed by atoms with van der Waals surface area (Å²) in [4.78, 5) is 15.8. The molecule has 0 aliphatic carbocycles. The van der Waals surface area contributed by atoms with Crippen molar-refractivity contribution in [1.29, 1.82) is 0 Å². The van der Waals surface area contributed by atoms with Crippen molar-refractivity contribution < 1.29 is 26.7 Å². The number of amides is 1. The summed E-state index contributed by atoms with van der Waals surface area (Å²) in [7, 11) is -4.90. The van der Waals surface area contributed by atoms with Gasteiger partial charge in [0.25, 0.3) is 5.91 Å². The van der Waals surface area contributed by atoms with Crippen LogP contribution in [0.3, 0.4) is 0 Å². The van der Waals surface area contributed by atoms with Crippen LogP contribution in [0, 0.1) is 0 Å². The molecular weight excluding hydrogens is 482 g/mol. The zero-order chi connectivity index (χ0) is 25.0. The number of nitrogens with zero attached hydrogens (tertiary/aromatic N) is 6. The Morgan fingerprint density at radius 3 is 2.40 bits per heavy atom. The first-order valence-corrected chi connectivity index (χ1v) is 12.5. The summed E-state index contributed by atoms with van der Waals surface area (Å²) in [5, 5.41) is 12.0. The van der Waals surface area contributed by atoms with E-state index in [2.05, 4.69) is 20.4 Å². The van der Waals surface area contributed by atoms with Gasteiger partial charge >= 0.3 is 5.76 Å². The fourth-order valence-corrected chi connectivity index (χ4v) is 4.74. The van der Waals surface area contributed by atoms with Gasteiger partial charge in [0.05, 0.1) is 29.3 Å². The molecule has 0 saturated carbocycles. The van der Waals surface area contributed by atoms with Crippen LogP contribution >= 0.6 is 0 Å². The fraction of sp³-hybridized carbons (Fsp3) is 0.364. The van der Waals surface area contributed by atoms with Gasteiger partial charge in [-0.25, -0.2) is 8.42 Å². The molecule has 1 aliphatic rings. The highest BCUT2D eigenvalue weighted by molar-refractivity contribution is 7.91. The van der Waals surface area contributed by atoms with Gasteiger partial charge in [0, 0.05) is 26.2 Å². The van der Waals surface area contributed by atoms with Crippen molar-refractivity contribution >= 4 is 15.7 Å². The summed E-state index contributed by atoms with van der Waals surface area (Å²) in [5.74, 6) is -2.84. The molecule has 4 rings (SSSR count). The summed E-state index contributed by atoms with van der Waals surface area (Å²) >= 11 is 0. The topological polar surface area (TPSA) is 111 Å². The van der Waals surface area contributed by atoms with Crippen LogP contribution in [0.15, 0.2) is 53.4 Å². The molecule has 3 aromatic rings. The number of hydrogen-bond donors (Lipinski definition) is 0. The number of tetrazole rings is 1. The lowest BCUT2D eigenvalue weighted by molar-refractivity contribution is 0.0620. The van der Waals surface area contributed by atoms with Crippen LogP contribution in [0.2, 0.25) is 0 Å². The Morgan fingerprint density at radius 1 is 1.06 bits per heavy atom. The third kappa shape index (κ3) is 5.30. The standard InChI is InChI=1S/C22H24F2N6O4S/c1-2-34-17-9-7-16(8-10-17)30-20(25-26-27-30)15-28-11-13-29(14-12-28)21(31)18-5-3-4-6-19(18)35(32,33)22(23)24/h3-10,22H,2,11-15H2,1H3. The van der Waals surface area contributed by atoms with Gasteiger partial charge in [-0.3, -0.25) is 9.69 Å². The normalized spacial score (nSPS) is 14.9. The second-order valence-corrected chi connectivity index (χ2v) is 9.69. The van der Waals surface area contributed by atoms with Crippen molar-refractivity contribution in [2.75, 3.05) is 32.8 Å². The van der Waals surface area contributed by atoms with E-state index in [1.165, 1.54) is 23.1 Å². The molecule has 35 heavy (non-hydrogen) atoms. The van der Waals surface area contributed by atoms with Crippen LogP contribution in [0.4, 0.5) is 8.78 Å². The highest BCUT2D eigenvalue weighted by Gasteiger charge is 2.33. The lowest BCUT2D eigenvalue weighted by atomic mass is 10.2. The predicted molar refractivity (Wildman–Crippen MR) is 121 cm³/mol. The average molecular weight is 507 g/mol. The summed E-state index contributed by atoms with van der Waals surface area (Å²) in [5.41, 5.74) is 0.528.